The lowest BCUT2D eigenvalue weighted by atomic mass is 10.2. The van der Waals surface area contributed by atoms with Crippen LogP contribution in [0.4, 0.5) is 5.69 Å². The van der Waals surface area contributed by atoms with E-state index in [1.807, 2.05) is 0 Å². The molecule has 0 fully saturated rings. The maximum atomic E-state index is 10.8. The van der Waals surface area contributed by atoms with Crippen LogP contribution in [0.2, 0.25) is 0 Å². The van der Waals surface area contributed by atoms with Gasteiger partial charge in [0.1, 0.15) is 11.8 Å². The summed E-state index contributed by atoms with van der Waals surface area (Å²) < 4.78 is 10.1. The Morgan fingerprint density at radius 3 is 2.79 bits per heavy atom. The Morgan fingerprint density at radius 1 is 1.58 bits per heavy atom. The number of carboxylic acids is 1. The fourth-order valence-electron chi connectivity index (χ4n) is 1.31. The van der Waals surface area contributed by atoms with Crippen LogP contribution in [0.5, 0.6) is 11.5 Å². The molecule has 0 aliphatic rings. The Hall–Kier alpha value is -2.35. The first kappa shape index (κ1) is 14.7. The molecule has 0 aliphatic heterocycles. The van der Waals surface area contributed by atoms with Gasteiger partial charge in [0.05, 0.1) is 18.6 Å². The van der Waals surface area contributed by atoms with Crippen LogP contribution in [0, 0.1) is 10.1 Å². The predicted molar refractivity (Wildman–Crippen MR) is 65.4 cm³/mol. The summed E-state index contributed by atoms with van der Waals surface area (Å²) in [5.41, 5.74) is 5.08. The number of carbonyl (C=O) groups is 1. The molecule has 0 heterocycles. The number of carboxylic acid groups (broad SMARTS) is 1. The second-order valence-electron chi connectivity index (χ2n) is 3.67. The van der Waals surface area contributed by atoms with E-state index in [1.54, 1.807) is 0 Å². The number of nitro benzene ring substituents is 1. The minimum atomic E-state index is -1.15. The van der Waals surface area contributed by atoms with Crippen LogP contribution < -0.4 is 15.2 Å². The maximum absolute atomic E-state index is 10.8. The summed E-state index contributed by atoms with van der Waals surface area (Å²) in [5.74, 6) is -0.728. The summed E-state index contributed by atoms with van der Waals surface area (Å²) in [5, 5.41) is 19.4. The first-order chi connectivity index (χ1) is 8.95. The van der Waals surface area contributed by atoms with Crippen LogP contribution in [0.3, 0.4) is 0 Å². The third-order valence-electron chi connectivity index (χ3n) is 2.37. The molecule has 1 unspecified atom stereocenters. The summed E-state index contributed by atoms with van der Waals surface area (Å²) in [7, 11) is 1.42. The molecule has 1 rings (SSSR count). The van der Waals surface area contributed by atoms with Crippen molar-refractivity contribution in [3.05, 3.63) is 28.3 Å². The smallest absolute Gasteiger partial charge is 0.320 e. The lowest BCUT2D eigenvalue weighted by Gasteiger charge is -2.10. The number of hydrogen-bond acceptors (Lipinski definition) is 6. The van der Waals surface area contributed by atoms with Crippen LogP contribution in [-0.4, -0.2) is 35.8 Å². The monoisotopic (exact) mass is 270 g/mol. The van der Waals surface area contributed by atoms with Gasteiger partial charge in [-0.05, 0) is 6.07 Å². The first-order valence-electron chi connectivity index (χ1n) is 5.39. The zero-order valence-electron chi connectivity index (χ0n) is 10.2. The number of methoxy groups -OCH3 is 1. The summed E-state index contributed by atoms with van der Waals surface area (Å²) in [6.07, 6.45) is 0.0453. The molecule has 0 aromatic heterocycles. The molecule has 8 nitrogen and oxygen atoms in total. The van der Waals surface area contributed by atoms with Crippen molar-refractivity contribution in [2.75, 3.05) is 13.7 Å². The van der Waals surface area contributed by atoms with Crippen molar-refractivity contribution in [2.24, 2.45) is 5.73 Å². The number of nitrogens with zero attached hydrogens (tertiary/aromatic N) is 1. The number of nitro groups is 1. The molecule has 3 N–H and O–H groups in total. The standard InChI is InChI=1S/C11H14N2O6/c1-18-7-2-3-9(13(16)17)10(6-7)19-5-4-8(12)11(14)15/h2-3,6,8H,4-5,12H2,1H3,(H,14,15). The Morgan fingerprint density at radius 2 is 2.26 bits per heavy atom. The van der Waals surface area contributed by atoms with E-state index in [1.165, 1.54) is 25.3 Å². The summed E-state index contributed by atoms with van der Waals surface area (Å²) in [4.78, 5) is 20.7. The molecule has 0 saturated heterocycles. The fourth-order valence-corrected chi connectivity index (χ4v) is 1.31. The fraction of sp³-hybridized carbons (Fsp3) is 0.364. The van der Waals surface area contributed by atoms with E-state index in [2.05, 4.69) is 0 Å². The third kappa shape index (κ3) is 4.11. The average Bonchev–Trinajstić information content (AvgIpc) is 2.37. The highest BCUT2D eigenvalue weighted by Crippen LogP contribution is 2.31. The summed E-state index contributed by atoms with van der Waals surface area (Å²) in [6.45, 7) is -0.0402. The van der Waals surface area contributed by atoms with E-state index in [0.717, 1.165) is 0 Å². The number of hydrogen-bond donors (Lipinski definition) is 2. The van der Waals surface area contributed by atoms with Crippen molar-refractivity contribution in [3.63, 3.8) is 0 Å². The molecule has 104 valence electrons. The van der Waals surface area contributed by atoms with Gasteiger partial charge in [0, 0.05) is 18.6 Å². The molecule has 1 aromatic rings. The van der Waals surface area contributed by atoms with Crippen LogP contribution in [0.25, 0.3) is 0 Å². The lowest BCUT2D eigenvalue weighted by Crippen LogP contribution is -2.31. The lowest BCUT2D eigenvalue weighted by molar-refractivity contribution is -0.385. The van der Waals surface area contributed by atoms with Gasteiger partial charge >= 0.3 is 11.7 Å². The minimum Gasteiger partial charge on any atom is -0.497 e. The highest BCUT2D eigenvalue weighted by molar-refractivity contribution is 5.72. The maximum Gasteiger partial charge on any atom is 0.320 e. The number of rotatable bonds is 7. The van der Waals surface area contributed by atoms with Gasteiger partial charge in [-0.2, -0.15) is 0 Å². The second kappa shape index (κ2) is 6.55. The van der Waals surface area contributed by atoms with Gasteiger partial charge < -0.3 is 20.3 Å². The zero-order valence-corrected chi connectivity index (χ0v) is 10.2. The average molecular weight is 270 g/mol. The minimum absolute atomic E-state index is 0.0157. The normalized spacial score (nSPS) is 11.7. The molecule has 0 aliphatic carbocycles. The molecule has 19 heavy (non-hydrogen) atoms. The van der Waals surface area contributed by atoms with Gasteiger partial charge in [0.15, 0.2) is 0 Å². The zero-order chi connectivity index (χ0) is 14.4. The van der Waals surface area contributed by atoms with E-state index in [4.69, 9.17) is 20.3 Å². The first-order valence-corrected chi connectivity index (χ1v) is 5.39. The molecule has 0 amide bonds. The van der Waals surface area contributed by atoms with Crippen molar-refractivity contribution < 1.29 is 24.3 Å². The predicted octanol–water partition coefficient (Wildman–Crippen LogP) is 0.784. The Bertz CT molecular complexity index is 476. The number of ether oxygens (including phenoxy) is 2. The molecule has 1 aromatic carbocycles. The number of aliphatic carboxylic acids is 1. The SMILES string of the molecule is COc1ccc([N+](=O)[O-])c(OCCC(N)C(=O)O)c1. The molecule has 0 bridgehead atoms. The Balaban J connectivity index is 2.75. The number of nitrogens with two attached hydrogens (primary N) is 1. The van der Waals surface area contributed by atoms with Gasteiger partial charge in [-0.15, -0.1) is 0 Å². The van der Waals surface area contributed by atoms with Gasteiger partial charge in [0.2, 0.25) is 5.75 Å². The molecule has 0 radical (unpaired) electrons. The van der Waals surface area contributed by atoms with Crippen molar-refractivity contribution in [1.82, 2.24) is 0 Å². The third-order valence-corrected chi connectivity index (χ3v) is 2.37. The molecule has 0 spiro atoms. The van der Waals surface area contributed by atoms with E-state index in [-0.39, 0.29) is 24.5 Å². The van der Waals surface area contributed by atoms with Crippen LogP contribution >= 0.6 is 0 Å². The largest absolute Gasteiger partial charge is 0.497 e. The highest BCUT2D eigenvalue weighted by atomic mass is 16.6. The van der Waals surface area contributed by atoms with Crippen LogP contribution in [-0.2, 0) is 4.79 Å². The molecular weight excluding hydrogens is 256 g/mol. The van der Waals surface area contributed by atoms with Crippen molar-refractivity contribution >= 4 is 11.7 Å². The van der Waals surface area contributed by atoms with Gasteiger partial charge in [-0.1, -0.05) is 0 Å². The summed E-state index contributed by atoms with van der Waals surface area (Å²) >= 11 is 0. The van der Waals surface area contributed by atoms with Crippen LogP contribution in [0.1, 0.15) is 6.42 Å². The number of benzene rings is 1. The van der Waals surface area contributed by atoms with E-state index in [9.17, 15) is 14.9 Å². The Labute approximate surface area is 108 Å². The van der Waals surface area contributed by atoms with E-state index >= 15 is 0 Å². The van der Waals surface area contributed by atoms with E-state index < -0.39 is 16.9 Å². The van der Waals surface area contributed by atoms with Crippen molar-refractivity contribution in [3.8, 4) is 11.5 Å². The molecule has 1 atom stereocenters. The molecule has 8 heteroatoms. The summed E-state index contributed by atoms with van der Waals surface area (Å²) in [6, 6.07) is 2.99. The van der Waals surface area contributed by atoms with Gasteiger partial charge in [-0.3, -0.25) is 14.9 Å². The van der Waals surface area contributed by atoms with E-state index in [0.29, 0.717) is 5.75 Å². The second-order valence-corrected chi connectivity index (χ2v) is 3.67. The van der Waals surface area contributed by atoms with Gasteiger partial charge in [-0.25, -0.2) is 0 Å². The Kier molecular flexibility index (Phi) is 5.07. The van der Waals surface area contributed by atoms with Crippen LogP contribution in [0.15, 0.2) is 18.2 Å². The highest BCUT2D eigenvalue weighted by Gasteiger charge is 2.17. The molecular formula is C11H14N2O6. The molecule has 0 saturated carbocycles. The topological polar surface area (TPSA) is 125 Å². The van der Waals surface area contributed by atoms with Gasteiger partial charge in [0.25, 0.3) is 0 Å². The quantitative estimate of drug-likeness (QED) is 0.554. The van der Waals surface area contributed by atoms with Crippen molar-refractivity contribution in [1.29, 1.82) is 0 Å². The van der Waals surface area contributed by atoms with Crippen molar-refractivity contribution in [2.45, 2.75) is 12.5 Å².